The van der Waals surface area contributed by atoms with Crippen molar-refractivity contribution in [2.75, 3.05) is 19.1 Å². The summed E-state index contributed by atoms with van der Waals surface area (Å²) in [7, 11) is 3.14. The fraction of sp³-hybridized carbons (Fsp3) is 0.120. The number of hydrogen-bond acceptors (Lipinski definition) is 5. The molecule has 0 spiro atoms. The van der Waals surface area contributed by atoms with Gasteiger partial charge in [0.1, 0.15) is 11.5 Å². The van der Waals surface area contributed by atoms with Crippen molar-refractivity contribution in [3.05, 3.63) is 78.5 Å². The summed E-state index contributed by atoms with van der Waals surface area (Å²) in [6, 6.07) is 19.6. The minimum Gasteiger partial charge on any atom is -0.493 e. The van der Waals surface area contributed by atoms with Crippen molar-refractivity contribution >= 4 is 28.4 Å². The van der Waals surface area contributed by atoms with Crippen molar-refractivity contribution in [2.24, 2.45) is 0 Å². The van der Waals surface area contributed by atoms with Crippen LogP contribution in [0.15, 0.2) is 72.9 Å². The lowest BCUT2D eigenvalue weighted by Gasteiger charge is -2.21. The summed E-state index contributed by atoms with van der Waals surface area (Å²) in [5, 5.41) is 10.6. The van der Waals surface area contributed by atoms with E-state index in [-0.39, 0.29) is 0 Å². The van der Waals surface area contributed by atoms with Gasteiger partial charge in [0.15, 0.2) is 11.5 Å². The van der Waals surface area contributed by atoms with Crippen LogP contribution in [0, 0.1) is 6.92 Å². The van der Waals surface area contributed by atoms with Crippen LogP contribution in [0.25, 0.3) is 10.9 Å². The van der Waals surface area contributed by atoms with Gasteiger partial charge in [0.05, 0.1) is 31.1 Å². The lowest BCUT2D eigenvalue weighted by molar-refractivity contribution is 0.204. The van der Waals surface area contributed by atoms with Crippen molar-refractivity contribution in [1.82, 2.24) is 4.98 Å². The van der Waals surface area contributed by atoms with Crippen LogP contribution in [-0.2, 0) is 0 Å². The molecule has 4 aromatic rings. The summed E-state index contributed by atoms with van der Waals surface area (Å²) < 4.78 is 16.8. The number of benzene rings is 3. The molecule has 7 nitrogen and oxygen atoms in total. The standard InChI is InChI=1S/C25H22N2O5/c1-16-6-4-5-7-21(16)27(25(28)29)17-8-10-18(11-9-17)32-22-12-13-26-20-15-24(31-3)23(30-2)14-19(20)22/h4-15H,1-3H3,(H,28,29). The Kier molecular flexibility index (Phi) is 5.81. The Morgan fingerprint density at radius 3 is 2.25 bits per heavy atom. The van der Waals surface area contributed by atoms with Crippen molar-refractivity contribution in [3.8, 4) is 23.0 Å². The monoisotopic (exact) mass is 430 g/mol. The number of ether oxygens (including phenoxy) is 3. The first kappa shape index (κ1) is 21.0. The number of nitrogens with zero attached hydrogens (tertiary/aromatic N) is 2. The zero-order valence-electron chi connectivity index (χ0n) is 17.9. The zero-order chi connectivity index (χ0) is 22.7. The number of anilines is 2. The maximum absolute atomic E-state index is 12.0. The normalized spacial score (nSPS) is 10.6. The average molecular weight is 430 g/mol. The lowest BCUT2D eigenvalue weighted by atomic mass is 10.1. The minimum atomic E-state index is -1.06. The van der Waals surface area contributed by atoms with Crippen LogP contribution in [0.3, 0.4) is 0 Å². The molecule has 0 fully saturated rings. The van der Waals surface area contributed by atoms with Crippen LogP contribution in [0.1, 0.15) is 5.56 Å². The topological polar surface area (TPSA) is 81.1 Å². The highest BCUT2D eigenvalue weighted by molar-refractivity contribution is 5.95. The van der Waals surface area contributed by atoms with E-state index in [1.807, 2.05) is 31.2 Å². The molecule has 0 aliphatic carbocycles. The summed E-state index contributed by atoms with van der Waals surface area (Å²) in [6.45, 7) is 1.88. The molecule has 0 aliphatic heterocycles. The number of para-hydroxylation sites is 1. The van der Waals surface area contributed by atoms with Crippen LogP contribution in [0.4, 0.5) is 16.2 Å². The van der Waals surface area contributed by atoms with Crippen LogP contribution in [0.2, 0.25) is 0 Å². The van der Waals surface area contributed by atoms with E-state index in [9.17, 15) is 9.90 Å². The third-order valence-corrected chi connectivity index (χ3v) is 5.08. The molecule has 4 rings (SSSR count). The van der Waals surface area contributed by atoms with Crippen molar-refractivity contribution in [1.29, 1.82) is 0 Å². The molecule has 0 unspecified atom stereocenters. The van der Waals surface area contributed by atoms with Gasteiger partial charge >= 0.3 is 6.09 Å². The Morgan fingerprint density at radius 1 is 0.906 bits per heavy atom. The molecular weight excluding hydrogens is 408 g/mol. The lowest BCUT2D eigenvalue weighted by Crippen LogP contribution is -2.24. The number of carbonyl (C=O) groups is 1. The highest BCUT2D eigenvalue weighted by atomic mass is 16.5. The number of aromatic nitrogens is 1. The van der Waals surface area contributed by atoms with E-state index in [4.69, 9.17) is 14.2 Å². The molecule has 1 aromatic heterocycles. The third-order valence-electron chi connectivity index (χ3n) is 5.08. The van der Waals surface area contributed by atoms with Gasteiger partial charge in [0, 0.05) is 17.6 Å². The predicted molar refractivity (Wildman–Crippen MR) is 123 cm³/mol. The summed E-state index contributed by atoms with van der Waals surface area (Å²) in [5.41, 5.74) is 2.69. The first-order valence-electron chi connectivity index (χ1n) is 9.89. The van der Waals surface area contributed by atoms with Crippen LogP contribution >= 0.6 is 0 Å². The van der Waals surface area contributed by atoms with Gasteiger partial charge < -0.3 is 19.3 Å². The van der Waals surface area contributed by atoms with Crippen LogP contribution < -0.4 is 19.1 Å². The number of rotatable bonds is 6. The van der Waals surface area contributed by atoms with Gasteiger partial charge in [0.25, 0.3) is 0 Å². The van der Waals surface area contributed by atoms with E-state index in [2.05, 4.69) is 4.98 Å². The number of amides is 1. The molecular formula is C25H22N2O5. The second kappa shape index (κ2) is 8.85. The highest BCUT2D eigenvalue weighted by Gasteiger charge is 2.19. The molecule has 0 bridgehead atoms. The summed E-state index contributed by atoms with van der Waals surface area (Å²) >= 11 is 0. The Bertz CT molecular complexity index is 1270. The summed E-state index contributed by atoms with van der Waals surface area (Å²) in [4.78, 5) is 17.6. The van der Waals surface area contributed by atoms with Crippen LogP contribution in [0.5, 0.6) is 23.0 Å². The van der Waals surface area contributed by atoms with E-state index in [0.29, 0.717) is 39.9 Å². The molecule has 0 saturated heterocycles. The molecule has 3 aromatic carbocycles. The Balaban J connectivity index is 1.66. The molecule has 32 heavy (non-hydrogen) atoms. The second-order valence-electron chi connectivity index (χ2n) is 7.03. The number of fused-ring (bicyclic) bond motifs is 1. The van der Waals surface area contributed by atoms with E-state index in [1.54, 1.807) is 62.9 Å². The van der Waals surface area contributed by atoms with Crippen molar-refractivity contribution in [2.45, 2.75) is 6.92 Å². The Hall–Kier alpha value is -4.26. The molecule has 1 amide bonds. The van der Waals surface area contributed by atoms with Gasteiger partial charge in [-0.3, -0.25) is 4.98 Å². The molecule has 162 valence electrons. The highest BCUT2D eigenvalue weighted by Crippen LogP contribution is 2.37. The van der Waals surface area contributed by atoms with Gasteiger partial charge in [-0.1, -0.05) is 18.2 Å². The van der Waals surface area contributed by atoms with E-state index < -0.39 is 6.09 Å². The molecule has 0 radical (unpaired) electrons. The van der Waals surface area contributed by atoms with Gasteiger partial charge in [0.2, 0.25) is 0 Å². The largest absolute Gasteiger partial charge is 0.493 e. The molecule has 1 N–H and O–H groups in total. The van der Waals surface area contributed by atoms with Crippen LogP contribution in [-0.4, -0.2) is 30.4 Å². The number of methoxy groups -OCH3 is 2. The van der Waals surface area contributed by atoms with E-state index in [0.717, 1.165) is 10.9 Å². The SMILES string of the molecule is COc1cc2nccc(Oc3ccc(N(C(=O)O)c4ccccc4C)cc3)c2cc1OC. The van der Waals surface area contributed by atoms with Crippen molar-refractivity contribution in [3.63, 3.8) is 0 Å². The number of aryl methyl sites for hydroxylation is 1. The van der Waals surface area contributed by atoms with Crippen molar-refractivity contribution < 1.29 is 24.1 Å². The fourth-order valence-electron chi connectivity index (χ4n) is 3.49. The minimum absolute atomic E-state index is 0.519. The number of pyridine rings is 1. The molecule has 0 aliphatic rings. The number of hydrogen-bond donors (Lipinski definition) is 1. The number of carboxylic acid groups (broad SMARTS) is 1. The van der Waals surface area contributed by atoms with Gasteiger partial charge in [-0.2, -0.15) is 0 Å². The fourth-order valence-corrected chi connectivity index (χ4v) is 3.49. The first-order valence-corrected chi connectivity index (χ1v) is 9.89. The van der Waals surface area contributed by atoms with E-state index in [1.165, 1.54) is 4.90 Å². The van der Waals surface area contributed by atoms with E-state index >= 15 is 0 Å². The summed E-state index contributed by atoms with van der Waals surface area (Å²) in [6.07, 6.45) is 0.594. The summed E-state index contributed by atoms with van der Waals surface area (Å²) in [5.74, 6) is 2.31. The maximum atomic E-state index is 12.0. The zero-order valence-corrected chi connectivity index (χ0v) is 17.9. The van der Waals surface area contributed by atoms with Gasteiger partial charge in [-0.25, -0.2) is 9.69 Å². The Morgan fingerprint density at radius 2 is 1.59 bits per heavy atom. The molecule has 0 atom stereocenters. The third kappa shape index (κ3) is 4.00. The maximum Gasteiger partial charge on any atom is 0.416 e. The molecule has 1 heterocycles. The second-order valence-corrected chi connectivity index (χ2v) is 7.03. The van der Waals surface area contributed by atoms with Gasteiger partial charge in [-0.05, 0) is 55.0 Å². The predicted octanol–water partition coefficient (Wildman–Crippen LogP) is 6.17. The first-order chi connectivity index (χ1) is 15.5. The quantitative estimate of drug-likeness (QED) is 0.394. The average Bonchev–Trinajstić information content (AvgIpc) is 2.80. The van der Waals surface area contributed by atoms with Gasteiger partial charge in [-0.15, -0.1) is 0 Å². The molecule has 7 heteroatoms. The molecule has 0 saturated carbocycles. The smallest absolute Gasteiger partial charge is 0.416 e. The Labute approximate surface area is 185 Å².